The maximum Gasteiger partial charge on any atom is 0.160 e. The third-order valence-electron chi connectivity index (χ3n) is 5.21. The van der Waals surface area contributed by atoms with Gasteiger partial charge in [0.05, 0.1) is 13.2 Å². The van der Waals surface area contributed by atoms with Crippen LogP contribution in [-0.4, -0.2) is 40.9 Å². The van der Waals surface area contributed by atoms with Gasteiger partial charge in [0, 0.05) is 24.5 Å². The van der Waals surface area contributed by atoms with Crippen molar-refractivity contribution in [2.45, 2.75) is 36.9 Å². The summed E-state index contributed by atoms with van der Waals surface area (Å²) >= 11 is 0. The highest BCUT2D eigenvalue weighted by molar-refractivity contribution is 5.54. The molecule has 20 heavy (non-hydrogen) atoms. The second kappa shape index (κ2) is 3.99. The van der Waals surface area contributed by atoms with Gasteiger partial charge in [-0.15, -0.1) is 0 Å². The number of phenols is 1. The topological polar surface area (TPSA) is 52.9 Å². The van der Waals surface area contributed by atoms with Gasteiger partial charge in [-0.3, -0.25) is 4.90 Å². The molecule has 0 saturated carbocycles. The van der Waals surface area contributed by atoms with E-state index in [1.807, 2.05) is 18.2 Å². The monoisotopic (exact) mass is 273 g/mol. The summed E-state index contributed by atoms with van der Waals surface area (Å²) in [4.78, 5) is 2.43. The van der Waals surface area contributed by atoms with Crippen molar-refractivity contribution < 1.29 is 14.9 Å². The van der Waals surface area contributed by atoms with Crippen LogP contribution < -0.4 is 4.74 Å². The number of hydrogen-bond acceptors (Lipinski definition) is 4. The molecule has 1 aliphatic carbocycles. The van der Waals surface area contributed by atoms with Crippen LogP contribution in [0.2, 0.25) is 0 Å². The molecule has 2 bridgehead atoms. The van der Waals surface area contributed by atoms with Crippen molar-refractivity contribution in [3.8, 4) is 11.5 Å². The summed E-state index contributed by atoms with van der Waals surface area (Å²) in [7, 11) is 1.58. The molecule has 3 aliphatic rings. The fraction of sp³-hybridized carbons (Fsp3) is 0.500. The Kier molecular flexibility index (Phi) is 2.44. The number of fused-ring (bicyclic) bond motifs is 1. The Morgan fingerprint density at radius 3 is 3.05 bits per heavy atom. The molecule has 1 aromatic rings. The Morgan fingerprint density at radius 2 is 2.25 bits per heavy atom. The van der Waals surface area contributed by atoms with Gasteiger partial charge in [-0.25, -0.2) is 0 Å². The van der Waals surface area contributed by atoms with Gasteiger partial charge in [0.2, 0.25) is 0 Å². The summed E-state index contributed by atoms with van der Waals surface area (Å²) in [6, 6.07) is 4.19. The lowest BCUT2D eigenvalue weighted by molar-refractivity contribution is 0.110. The van der Waals surface area contributed by atoms with Gasteiger partial charge in [0.15, 0.2) is 11.5 Å². The summed E-state index contributed by atoms with van der Waals surface area (Å²) in [6.07, 6.45) is 5.63. The first-order chi connectivity index (χ1) is 9.64. The van der Waals surface area contributed by atoms with Crippen molar-refractivity contribution in [2.24, 2.45) is 0 Å². The SMILES string of the molecule is COc1cc2c(cc1O)CN1CC[C@@]23C=C[C@@H](O)CC13. The predicted molar refractivity (Wildman–Crippen MR) is 74.9 cm³/mol. The molecule has 0 spiro atoms. The quantitative estimate of drug-likeness (QED) is 0.762. The molecule has 2 aliphatic heterocycles. The Labute approximate surface area is 118 Å². The van der Waals surface area contributed by atoms with Crippen molar-refractivity contribution in [1.82, 2.24) is 4.90 Å². The first kappa shape index (κ1) is 12.2. The molecule has 4 nitrogen and oxygen atoms in total. The van der Waals surface area contributed by atoms with Gasteiger partial charge >= 0.3 is 0 Å². The zero-order valence-electron chi connectivity index (χ0n) is 11.5. The fourth-order valence-corrected chi connectivity index (χ4v) is 4.27. The van der Waals surface area contributed by atoms with Crippen molar-refractivity contribution in [2.75, 3.05) is 13.7 Å². The zero-order valence-corrected chi connectivity index (χ0v) is 11.5. The molecule has 0 aromatic heterocycles. The molecule has 2 unspecified atom stereocenters. The summed E-state index contributed by atoms with van der Waals surface area (Å²) in [6.45, 7) is 1.89. The van der Waals surface area contributed by atoms with E-state index in [1.165, 1.54) is 11.1 Å². The minimum atomic E-state index is -0.339. The summed E-state index contributed by atoms with van der Waals surface area (Å²) < 4.78 is 5.28. The molecule has 2 heterocycles. The average molecular weight is 273 g/mol. The largest absolute Gasteiger partial charge is 0.504 e. The second-order valence-corrected chi connectivity index (χ2v) is 6.12. The van der Waals surface area contributed by atoms with Crippen molar-refractivity contribution >= 4 is 0 Å². The number of nitrogens with zero attached hydrogens (tertiary/aromatic N) is 1. The van der Waals surface area contributed by atoms with E-state index in [4.69, 9.17) is 4.74 Å². The van der Waals surface area contributed by atoms with Gasteiger partial charge in [-0.2, -0.15) is 0 Å². The minimum Gasteiger partial charge on any atom is -0.504 e. The van der Waals surface area contributed by atoms with Gasteiger partial charge in [0.25, 0.3) is 0 Å². The predicted octanol–water partition coefficient (Wildman–Crippen LogP) is 1.55. The number of ether oxygens (including phenoxy) is 1. The molecule has 0 amide bonds. The number of aromatic hydroxyl groups is 1. The molecule has 2 N–H and O–H groups in total. The van der Waals surface area contributed by atoms with Gasteiger partial charge in [-0.1, -0.05) is 12.2 Å². The third kappa shape index (κ3) is 1.43. The maximum atomic E-state index is 9.99. The number of aliphatic hydroxyl groups is 1. The zero-order chi connectivity index (χ0) is 13.9. The normalized spacial score (nSPS) is 37.4. The van der Waals surface area contributed by atoms with Crippen LogP contribution >= 0.6 is 0 Å². The fourth-order valence-electron chi connectivity index (χ4n) is 4.27. The molecule has 1 fully saturated rings. The summed E-state index contributed by atoms with van der Waals surface area (Å²) in [5.41, 5.74) is 2.42. The van der Waals surface area contributed by atoms with Crippen LogP contribution in [-0.2, 0) is 12.0 Å². The average Bonchev–Trinajstić information content (AvgIpc) is 2.71. The van der Waals surface area contributed by atoms with Gasteiger partial charge in [-0.05, 0) is 36.1 Å². The van der Waals surface area contributed by atoms with Gasteiger partial charge in [0.1, 0.15) is 0 Å². The molecule has 4 heteroatoms. The molecule has 1 saturated heterocycles. The Hall–Kier alpha value is -1.52. The van der Waals surface area contributed by atoms with Crippen LogP contribution in [0.15, 0.2) is 24.3 Å². The van der Waals surface area contributed by atoms with Crippen molar-refractivity contribution in [1.29, 1.82) is 0 Å². The van der Waals surface area contributed by atoms with Crippen LogP contribution in [0.25, 0.3) is 0 Å². The Morgan fingerprint density at radius 1 is 1.40 bits per heavy atom. The first-order valence-electron chi connectivity index (χ1n) is 7.16. The minimum absolute atomic E-state index is 0.0200. The molecule has 4 atom stereocenters. The van der Waals surface area contributed by atoms with Crippen LogP contribution in [0, 0.1) is 0 Å². The highest BCUT2D eigenvalue weighted by Crippen LogP contribution is 2.52. The van der Waals surface area contributed by atoms with Crippen molar-refractivity contribution in [3.05, 3.63) is 35.4 Å². The lowest BCUT2D eigenvalue weighted by atomic mass is 9.66. The second-order valence-electron chi connectivity index (χ2n) is 6.12. The van der Waals surface area contributed by atoms with Crippen LogP contribution in [0.3, 0.4) is 0 Å². The number of methoxy groups -OCH3 is 1. The standard InChI is InChI=1S/C16H19NO3/c1-20-14-8-12-10(6-13(14)19)9-17-5-4-16(12)3-2-11(18)7-15(16)17/h2-3,6,8,11,15,18-19H,4-5,7,9H2,1H3/t11-,15?,16+/m1/s1. The first-order valence-corrected chi connectivity index (χ1v) is 7.16. The van der Waals surface area contributed by atoms with E-state index in [0.717, 1.165) is 25.9 Å². The smallest absolute Gasteiger partial charge is 0.160 e. The highest BCUT2D eigenvalue weighted by Gasteiger charge is 2.52. The Bertz CT molecular complexity index is 598. The highest BCUT2D eigenvalue weighted by atomic mass is 16.5. The molecular weight excluding hydrogens is 254 g/mol. The Balaban J connectivity index is 1.93. The van der Waals surface area contributed by atoms with Crippen molar-refractivity contribution in [3.63, 3.8) is 0 Å². The number of phenolic OH excluding ortho intramolecular Hbond substituents is 1. The number of rotatable bonds is 1. The van der Waals surface area contributed by atoms with E-state index in [-0.39, 0.29) is 17.3 Å². The van der Waals surface area contributed by atoms with Crippen LogP contribution in [0.5, 0.6) is 11.5 Å². The van der Waals surface area contributed by atoms with E-state index < -0.39 is 0 Å². The van der Waals surface area contributed by atoms with E-state index >= 15 is 0 Å². The molecule has 1 aromatic carbocycles. The summed E-state index contributed by atoms with van der Waals surface area (Å²) in [5, 5.41) is 19.9. The van der Waals surface area contributed by atoms with E-state index in [1.54, 1.807) is 7.11 Å². The molecule has 4 rings (SSSR count). The van der Waals surface area contributed by atoms with E-state index in [0.29, 0.717) is 11.8 Å². The molecular formula is C16H19NO3. The number of aliphatic hydroxyl groups excluding tert-OH is 1. The number of benzene rings is 1. The number of hydrogen-bond donors (Lipinski definition) is 2. The van der Waals surface area contributed by atoms with Crippen LogP contribution in [0.1, 0.15) is 24.0 Å². The van der Waals surface area contributed by atoms with Gasteiger partial charge < -0.3 is 14.9 Å². The summed E-state index contributed by atoms with van der Waals surface area (Å²) in [5.74, 6) is 0.748. The lowest BCUT2D eigenvalue weighted by Crippen LogP contribution is -2.49. The maximum absolute atomic E-state index is 9.99. The lowest BCUT2D eigenvalue weighted by Gasteiger charge is -2.45. The van der Waals surface area contributed by atoms with E-state index in [9.17, 15) is 10.2 Å². The van der Waals surface area contributed by atoms with E-state index in [2.05, 4.69) is 11.0 Å². The molecule has 106 valence electrons. The van der Waals surface area contributed by atoms with Crippen LogP contribution in [0.4, 0.5) is 0 Å². The third-order valence-corrected chi connectivity index (χ3v) is 5.21. The molecule has 0 radical (unpaired) electrons.